The summed E-state index contributed by atoms with van der Waals surface area (Å²) in [6.45, 7) is 1.02. The average molecular weight is 449 g/mol. The van der Waals surface area contributed by atoms with Gasteiger partial charge in [0.25, 0.3) is 5.91 Å². The number of hydrogen-bond donors (Lipinski definition) is 1. The highest BCUT2D eigenvalue weighted by Crippen LogP contribution is 2.24. The van der Waals surface area contributed by atoms with E-state index in [0.29, 0.717) is 24.3 Å². The number of sulfonamides is 1. The van der Waals surface area contributed by atoms with Crippen LogP contribution in [0.4, 0.5) is 5.69 Å². The molecule has 0 atom stereocenters. The van der Waals surface area contributed by atoms with Crippen molar-refractivity contribution in [2.45, 2.75) is 24.2 Å². The van der Waals surface area contributed by atoms with E-state index in [1.807, 2.05) is 6.07 Å². The van der Waals surface area contributed by atoms with Gasteiger partial charge in [-0.3, -0.25) is 9.59 Å². The van der Waals surface area contributed by atoms with E-state index in [2.05, 4.69) is 5.32 Å². The molecule has 0 bridgehead atoms. The van der Waals surface area contributed by atoms with Crippen molar-refractivity contribution in [3.8, 4) is 0 Å². The lowest BCUT2D eigenvalue weighted by atomic mass is 9.98. The molecule has 0 radical (unpaired) electrons. The fourth-order valence-electron chi connectivity index (χ4n) is 3.81. The van der Waals surface area contributed by atoms with Gasteiger partial charge in [-0.1, -0.05) is 61.0 Å². The molecule has 1 N–H and O–H groups in total. The van der Waals surface area contributed by atoms with Crippen molar-refractivity contribution >= 4 is 27.4 Å². The molecule has 1 fully saturated rings. The minimum atomic E-state index is -3.61. The van der Waals surface area contributed by atoms with Gasteiger partial charge in [-0.25, -0.2) is 8.42 Å². The number of carbonyl (C=O) groups is 2. The van der Waals surface area contributed by atoms with Crippen LogP contribution in [0.3, 0.4) is 0 Å². The number of anilines is 1. The molecule has 4 rings (SSSR count). The van der Waals surface area contributed by atoms with Gasteiger partial charge in [0.1, 0.15) is 0 Å². The zero-order valence-electron chi connectivity index (χ0n) is 17.5. The Hall–Kier alpha value is -3.29. The molecule has 0 unspecified atom stereocenters. The van der Waals surface area contributed by atoms with Crippen LogP contribution >= 0.6 is 0 Å². The number of rotatable bonds is 6. The van der Waals surface area contributed by atoms with Crippen LogP contribution in [0.5, 0.6) is 0 Å². The Morgan fingerprint density at radius 2 is 1.41 bits per heavy atom. The van der Waals surface area contributed by atoms with E-state index in [1.165, 1.54) is 16.4 Å². The Kier molecular flexibility index (Phi) is 6.48. The first kappa shape index (κ1) is 21.9. The molecule has 1 aliphatic rings. The van der Waals surface area contributed by atoms with Crippen LogP contribution in [0.25, 0.3) is 0 Å². The van der Waals surface area contributed by atoms with Crippen molar-refractivity contribution in [3.05, 3.63) is 95.6 Å². The smallest absolute Gasteiger partial charge is 0.256 e. The monoisotopic (exact) mass is 448 g/mol. The predicted octanol–water partition coefficient (Wildman–Crippen LogP) is 4.34. The molecule has 7 heteroatoms. The molecule has 0 saturated carbocycles. The molecule has 32 heavy (non-hydrogen) atoms. The molecule has 3 aromatic carbocycles. The summed E-state index contributed by atoms with van der Waals surface area (Å²) in [6.07, 6.45) is 2.73. The Morgan fingerprint density at radius 3 is 2.12 bits per heavy atom. The second kappa shape index (κ2) is 9.46. The molecule has 3 aromatic rings. The quantitative estimate of drug-likeness (QED) is 0.569. The van der Waals surface area contributed by atoms with Crippen LogP contribution in [0.15, 0.2) is 83.8 Å². The van der Waals surface area contributed by atoms with E-state index in [9.17, 15) is 18.0 Å². The first-order valence-corrected chi connectivity index (χ1v) is 12.0. The summed E-state index contributed by atoms with van der Waals surface area (Å²) in [4.78, 5) is 26.1. The number of nitrogens with zero attached hydrogens (tertiary/aromatic N) is 1. The molecule has 1 saturated heterocycles. The lowest BCUT2D eigenvalue weighted by Gasteiger charge is -2.26. The van der Waals surface area contributed by atoms with E-state index in [1.54, 1.807) is 60.7 Å². The Balaban J connectivity index is 1.58. The highest BCUT2D eigenvalue weighted by Gasteiger charge is 2.26. The zero-order chi connectivity index (χ0) is 22.6. The summed E-state index contributed by atoms with van der Waals surface area (Å²) < 4.78 is 27.4. The normalized spacial score (nSPS) is 14.6. The first-order valence-electron chi connectivity index (χ1n) is 10.6. The fraction of sp³-hybridized carbons (Fsp3) is 0.200. The fourth-order valence-corrected chi connectivity index (χ4v) is 5.37. The van der Waals surface area contributed by atoms with E-state index in [4.69, 9.17) is 0 Å². The van der Waals surface area contributed by atoms with Crippen LogP contribution in [0.1, 0.15) is 45.5 Å². The maximum atomic E-state index is 13.0. The van der Waals surface area contributed by atoms with Gasteiger partial charge in [0.2, 0.25) is 10.0 Å². The van der Waals surface area contributed by atoms with Crippen molar-refractivity contribution in [2.75, 3.05) is 18.4 Å². The first-order chi connectivity index (χ1) is 15.5. The summed E-state index contributed by atoms with van der Waals surface area (Å²) in [5.41, 5.74) is 1.36. The van der Waals surface area contributed by atoms with Crippen LogP contribution in [0, 0.1) is 0 Å². The SMILES string of the molecule is O=C(Nc1cccc(S(=O)(=O)N2CCCCC2)c1)c1ccccc1C(=O)c1ccccc1. The highest BCUT2D eigenvalue weighted by atomic mass is 32.2. The van der Waals surface area contributed by atoms with E-state index in [0.717, 1.165) is 19.3 Å². The van der Waals surface area contributed by atoms with Gasteiger partial charge in [0, 0.05) is 29.9 Å². The number of carbonyl (C=O) groups excluding carboxylic acids is 2. The third-order valence-corrected chi connectivity index (χ3v) is 7.39. The molecule has 1 heterocycles. The number of amides is 1. The minimum Gasteiger partial charge on any atom is -0.322 e. The van der Waals surface area contributed by atoms with Gasteiger partial charge in [0.05, 0.1) is 10.5 Å². The third-order valence-electron chi connectivity index (χ3n) is 5.50. The van der Waals surface area contributed by atoms with Gasteiger partial charge < -0.3 is 5.32 Å². The third kappa shape index (κ3) is 4.64. The molecule has 0 spiro atoms. The van der Waals surface area contributed by atoms with Gasteiger partial charge >= 0.3 is 0 Å². The molecule has 6 nitrogen and oxygen atoms in total. The van der Waals surface area contributed by atoms with Crippen LogP contribution in [-0.2, 0) is 10.0 Å². The van der Waals surface area contributed by atoms with Crippen molar-refractivity contribution in [2.24, 2.45) is 0 Å². The van der Waals surface area contributed by atoms with Crippen molar-refractivity contribution in [3.63, 3.8) is 0 Å². The molecule has 0 aliphatic carbocycles. The summed E-state index contributed by atoms with van der Waals surface area (Å²) in [7, 11) is -3.61. The maximum absolute atomic E-state index is 13.0. The second-order valence-electron chi connectivity index (χ2n) is 7.69. The number of benzene rings is 3. The van der Waals surface area contributed by atoms with E-state index < -0.39 is 15.9 Å². The van der Waals surface area contributed by atoms with E-state index in [-0.39, 0.29) is 21.8 Å². The summed E-state index contributed by atoms with van der Waals surface area (Å²) in [5.74, 6) is -0.727. The van der Waals surface area contributed by atoms with Gasteiger partial charge in [-0.05, 0) is 37.1 Å². The van der Waals surface area contributed by atoms with Gasteiger partial charge in [-0.2, -0.15) is 4.31 Å². The van der Waals surface area contributed by atoms with Crippen LogP contribution in [0.2, 0.25) is 0 Å². The molecule has 1 amide bonds. The van der Waals surface area contributed by atoms with Crippen LogP contribution in [-0.4, -0.2) is 37.5 Å². The molecule has 164 valence electrons. The topological polar surface area (TPSA) is 83.6 Å². The van der Waals surface area contributed by atoms with Crippen molar-refractivity contribution < 1.29 is 18.0 Å². The molecule has 1 aliphatic heterocycles. The number of ketones is 1. The summed E-state index contributed by atoms with van der Waals surface area (Å²) >= 11 is 0. The Labute approximate surface area is 187 Å². The molecular formula is C25H24N2O4S. The predicted molar refractivity (Wildman–Crippen MR) is 123 cm³/mol. The van der Waals surface area contributed by atoms with Gasteiger partial charge in [0.15, 0.2) is 5.78 Å². The zero-order valence-corrected chi connectivity index (χ0v) is 18.3. The number of piperidine rings is 1. The van der Waals surface area contributed by atoms with E-state index >= 15 is 0 Å². The lowest BCUT2D eigenvalue weighted by molar-refractivity contribution is 0.0996. The summed E-state index contributed by atoms with van der Waals surface area (Å²) in [6, 6.07) is 21.6. The van der Waals surface area contributed by atoms with Crippen LogP contribution < -0.4 is 5.32 Å². The molecule has 0 aromatic heterocycles. The van der Waals surface area contributed by atoms with Crippen molar-refractivity contribution in [1.29, 1.82) is 0 Å². The van der Waals surface area contributed by atoms with Gasteiger partial charge in [-0.15, -0.1) is 0 Å². The second-order valence-corrected chi connectivity index (χ2v) is 9.63. The highest BCUT2D eigenvalue weighted by molar-refractivity contribution is 7.89. The van der Waals surface area contributed by atoms with Crippen molar-refractivity contribution in [1.82, 2.24) is 4.31 Å². The minimum absolute atomic E-state index is 0.144. The number of nitrogens with one attached hydrogen (secondary N) is 1. The Morgan fingerprint density at radius 1 is 0.750 bits per heavy atom. The number of hydrogen-bond acceptors (Lipinski definition) is 4. The average Bonchev–Trinajstić information content (AvgIpc) is 2.85. The Bertz CT molecular complexity index is 1230. The maximum Gasteiger partial charge on any atom is 0.256 e. The largest absolute Gasteiger partial charge is 0.322 e. The summed E-state index contributed by atoms with van der Waals surface area (Å²) in [5, 5.41) is 2.75. The lowest BCUT2D eigenvalue weighted by Crippen LogP contribution is -2.35. The molecular weight excluding hydrogens is 424 g/mol. The standard InChI is InChI=1S/C25H24N2O4S/c28-24(19-10-3-1-4-11-19)22-14-5-6-15-23(22)25(29)26-20-12-9-13-21(18-20)32(30,31)27-16-7-2-8-17-27/h1,3-6,9-15,18H,2,7-8,16-17H2,(H,26,29).